The lowest BCUT2D eigenvalue weighted by molar-refractivity contribution is -0.250. The molecule has 1 aliphatic rings. The molecule has 1 saturated heterocycles. The Labute approximate surface area is 178 Å². The molecule has 3 aromatic rings. The Kier molecular flexibility index (Phi) is 6.45. The van der Waals surface area contributed by atoms with Crippen molar-refractivity contribution < 1.29 is 25.2 Å². The van der Waals surface area contributed by atoms with E-state index in [1.807, 2.05) is 30.5 Å². The molecule has 1 aliphatic heterocycles. The maximum Gasteiger partial charge on any atom is 0.163 e. The van der Waals surface area contributed by atoms with Crippen LogP contribution >= 0.6 is 11.8 Å². The summed E-state index contributed by atoms with van der Waals surface area (Å²) < 4.78 is 7.52. The number of fused-ring (bicyclic) bond motifs is 1. The van der Waals surface area contributed by atoms with Crippen molar-refractivity contribution in [3.63, 3.8) is 0 Å². The van der Waals surface area contributed by atoms with Crippen LogP contribution in [0.25, 0.3) is 10.9 Å². The zero-order valence-electron chi connectivity index (χ0n) is 16.3. The van der Waals surface area contributed by atoms with E-state index in [9.17, 15) is 20.4 Å². The Hall–Kier alpha value is -1.91. The minimum absolute atomic E-state index is 0.461. The summed E-state index contributed by atoms with van der Waals surface area (Å²) in [6.07, 6.45) is -3.34. The van der Waals surface area contributed by atoms with Crippen LogP contribution in [-0.4, -0.2) is 62.6 Å². The van der Waals surface area contributed by atoms with Crippen LogP contribution in [0.2, 0.25) is 0 Å². The summed E-state index contributed by atoms with van der Waals surface area (Å²) in [5.41, 5.74) is 7.63. The summed E-state index contributed by atoms with van der Waals surface area (Å²) >= 11 is 1.59. The fraction of sp³-hybridized carbons (Fsp3) is 0.364. The second-order valence-corrected chi connectivity index (χ2v) is 8.54. The molecule has 0 saturated carbocycles. The van der Waals surface area contributed by atoms with E-state index in [4.69, 9.17) is 10.5 Å². The van der Waals surface area contributed by atoms with Crippen molar-refractivity contribution in [2.75, 3.05) is 13.2 Å². The topological polar surface area (TPSA) is 121 Å². The molecule has 4 rings (SSSR count). The molecule has 160 valence electrons. The number of hydrogen-bond acceptors (Lipinski definition) is 7. The number of nitrogens with two attached hydrogens (primary N) is 1. The highest BCUT2D eigenvalue weighted by molar-refractivity contribution is 7.99. The normalized spacial score (nSPS) is 26.9. The van der Waals surface area contributed by atoms with Crippen molar-refractivity contribution in [1.29, 1.82) is 0 Å². The van der Waals surface area contributed by atoms with Gasteiger partial charge >= 0.3 is 0 Å². The summed E-state index contributed by atoms with van der Waals surface area (Å²) in [6.45, 7) is 0.149. The maximum absolute atomic E-state index is 10.6. The monoisotopic (exact) mass is 430 g/mol. The van der Waals surface area contributed by atoms with Crippen LogP contribution in [0, 0.1) is 0 Å². The molecule has 0 spiro atoms. The number of aliphatic hydroxyl groups excluding tert-OH is 4. The van der Waals surface area contributed by atoms with Crippen LogP contribution in [0.1, 0.15) is 11.8 Å². The summed E-state index contributed by atoms with van der Waals surface area (Å²) in [5.74, 6) is 0. The van der Waals surface area contributed by atoms with Gasteiger partial charge in [0.15, 0.2) is 6.23 Å². The quantitative estimate of drug-likeness (QED) is 0.399. The Balaban J connectivity index is 1.68. The number of nitrogens with zero attached hydrogens (tertiary/aromatic N) is 1. The molecule has 30 heavy (non-hydrogen) atoms. The molecule has 1 fully saturated rings. The molecular weight excluding hydrogens is 404 g/mol. The predicted octanol–water partition coefficient (Wildman–Crippen LogP) is 1.27. The molecule has 0 bridgehead atoms. The third-order valence-electron chi connectivity index (χ3n) is 5.43. The SMILES string of the molecule is NCCc1ccc(Sc2cn([C@@H]3O[C@H](CO)[C@@H](O)[C@H](O)[C@H]3O)c3ccccc23)cc1. The zero-order valence-corrected chi connectivity index (χ0v) is 17.2. The minimum Gasteiger partial charge on any atom is -0.394 e. The number of aliphatic hydroxyl groups is 4. The van der Waals surface area contributed by atoms with Gasteiger partial charge in [0, 0.05) is 21.4 Å². The van der Waals surface area contributed by atoms with Gasteiger partial charge in [0.1, 0.15) is 24.4 Å². The first kappa shape index (κ1) is 21.3. The molecule has 6 N–H and O–H groups in total. The van der Waals surface area contributed by atoms with E-state index in [2.05, 4.69) is 24.3 Å². The van der Waals surface area contributed by atoms with Crippen molar-refractivity contribution >= 4 is 22.7 Å². The van der Waals surface area contributed by atoms with E-state index in [-0.39, 0.29) is 0 Å². The lowest BCUT2D eigenvalue weighted by atomic mass is 9.98. The van der Waals surface area contributed by atoms with Gasteiger partial charge in [-0.2, -0.15) is 0 Å². The Morgan fingerprint density at radius 2 is 1.70 bits per heavy atom. The highest BCUT2D eigenvalue weighted by Gasteiger charge is 2.44. The van der Waals surface area contributed by atoms with E-state index in [1.165, 1.54) is 5.56 Å². The fourth-order valence-electron chi connectivity index (χ4n) is 3.79. The van der Waals surface area contributed by atoms with E-state index >= 15 is 0 Å². The van der Waals surface area contributed by atoms with Crippen molar-refractivity contribution in [1.82, 2.24) is 4.57 Å². The molecule has 0 aliphatic carbocycles. The van der Waals surface area contributed by atoms with Crippen LogP contribution in [0.15, 0.2) is 64.5 Å². The van der Waals surface area contributed by atoms with Gasteiger partial charge in [0.2, 0.25) is 0 Å². The highest BCUT2D eigenvalue weighted by atomic mass is 32.2. The number of benzene rings is 2. The maximum atomic E-state index is 10.6. The molecule has 0 amide bonds. The first-order chi connectivity index (χ1) is 14.5. The predicted molar refractivity (Wildman–Crippen MR) is 114 cm³/mol. The largest absolute Gasteiger partial charge is 0.394 e. The van der Waals surface area contributed by atoms with Gasteiger partial charge in [-0.05, 0) is 36.7 Å². The van der Waals surface area contributed by atoms with E-state index in [0.717, 1.165) is 27.1 Å². The van der Waals surface area contributed by atoms with Gasteiger partial charge in [-0.15, -0.1) is 0 Å². The van der Waals surface area contributed by atoms with Gasteiger partial charge in [-0.3, -0.25) is 0 Å². The fourth-order valence-corrected chi connectivity index (χ4v) is 4.77. The Bertz CT molecular complexity index is 991. The Morgan fingerprint density at radius 1 is 0.967 bits per heavy atom. The number of aromatic nitrogens is 1. The average molecular weight is 431 g/mol. The Morgan fingerprint density at radius 3 is 2.40 bits per heavy atom. The van der Waals surface area contributed by atoms with Crippen molar-refractivity contribution in [2.45, 2.75) is 46.9 Å². The van der Waals surface area contributed by atoms with Gasteiger partial charge in [-0.1, -0.05) is 42.1 Å². The van der Waals surface area contributed by atoms with Crippen molar-refractivity contribution in [3.05, 3.63) is 60.3 Å². The molecule has 2 heterocycles. The second-order valence-electron chi connectivity index (χ2n) is 7.42. The van der Waals surface area contributed by atoms with E-state index < -0.39 is 37.3 Å². The third-order valence-corrected chi connectivity index (χ3v) is 6.48. The van der Waals surface area contributed by atoms with E-state index in [1.54, 1.807) is 16.3 Å². The standard InChI is InChI=1S/C22H26N2O5S/c23-10-9-13-5-7-14(8-6-13)30-18-11-24(16-4-2-1-3-15(16)18)22-21(28)20(27)19(26)17(12-25)29-22/h1-8,11,17,19-22,25-28H,9-10,12,23H2/t17-,19-,20+,21-,22-/m1/s1. The zero-order chi connectivity index (χ0) is 21.3. The highest BCUT2D eigenvalue weighted by Crippen LogP contribution is 2.39. The van der Waals surface area contributed by atoms with Crippen molar-refractivity contribution in [2.24, 2.45) is 5.73 Å². The van der Waals surface area contributed by atoms with Crippen LogP contribution in [0.5, 0.6) is 0 Å². The molecule has 5 atom stereocenters. The number of hydrogen-bond donors (Lipinski definition) is 5. The van der Waals surface area contributed by atoms with Crippen LogP contribution in [-0.2, 0) is 11.2 Å². The minimum atomic E-state index is -1.42. The lowest BCUT2D eigenvalue weighted by Crippen LogP contribution is -2.56. The molecule has 1 aromatic heterocycles. The van der Waals surface area contributed by atoms with Gasteiger partial charge in [0.25, 0.3) is 0 Å². The van der Waals surface area contributed by atoms with Crippen LogP contribution in [0.4, 0.5) is 0 Å². The van der Waals surface area contributed by atoms with Crippen LogP contribution in [0.3, 0.4) is 0 Å². The summed E-state index contributed by atoms with van der Waals surface area (Å²) in [4.78, 5) is 2.03. The third kappa shape index (κ3) is 4.00. The number of ether oxygens (including phenoxy) is 1. The first-order valence-corrected chi connectivity index (χ1v) is 10.7. The molecule has 7 nitrogen and oxygen atoms in total. The summed E-state index contributed by atoms with van der Waals surface area (Å²) in [7, 11) is 0. The molecule has 0 radical (unpaired) electrons. The van der Waals surface area contributed by atoms with E-state index in [0.29, 0.717) is 6.54 Å². The molecular formula is C22H26N2O5S. The number of para-hydroxylation sites is 1. The molecule has 2 aromatic carbocycles. The van der Waals surface area contributed by atoms with Crippen molar-refractivity contribution in [3.8, 4) is 0 Å². The smallest absolute Gasteiger partial charge is 0.163 e. The van der Waals surface area contributed by atoms with Gasteiger partial charge < -0.3 is 35.5 Å². The van der Waals surface area contributed by atoms with Crippen LogP contribution < -0.4 is 5.73 Å². The first-order valence-electron chi connectivity index (χ1n) is 9.90. The summed E-state index contributed by atoms with van der Waals surface area (Å²) in [5, 5.41) is 41.3. The van der Waals surface area contributed by atoms with Gasteiger partial charge in [-0.25, -0.2) is 0 Å². The summed E-state index contributed by atoms with van der Waals surface area (Å²) in [6, 6.07) is 15.9. The van der Waals surface area contributed by atoms with Gasteiger partial charge in [0.05, 0.1) is 12.1 Å². The second kappa shape index (κ2) is 9.07. The molecule has 0 unspecified atom stereocenters. The number of rotatable bonds is 6. The lowest BCUT2D eigenvalue weighted by Gasteiger charge is -2.40. The molecule has 8 heteroatoms. The average Bonchev–Trinajstić information content (AvgIpc) is 3.12.